The molecule has 24 heavy (non-hydrogen) atoms. The summed E-state index contributed by atoms with van der Waals surface area (Å²) in [5.41, 5.74) is -0.119. The number of hydrogen-bond donors (Lipinski definition) is 0. The van der Waals surface area contributed by atoms with E-state index in [0.717, 1.165) is 0 Å². The molecular weight excluding hydrogens is 373 g/mol. The van der Waals surface area contributed by atoms with Crippen LogP contribution in [0.3, 0.4) is 0 Å². The van der Waals surface area contributed by atoms with Crippen LogP contribution in [-0.4, -0.2) is 46.3 Å². The molecule has 0 saturated heterocycles. The fourth-order valence-corrected chi connectivity index (χ4v) is 16.6. The normalized spacial score (nSPS) is 15.1. The van der Waals surface area contributed by atoms with Crippen molar-refractivity contribution in [2.24, 2.45) is 0 Å². The van der Waals surface area contributed by atoms with Crippen molar-refractivity contribution in [2.75, 3.05) is 6.61 Å². The Labute approximate surface area is 152 Å². The molecule has 1 atom stereocenters. The van der Waals surface area contributed by atoms with E-state index in [4.69, 9.17) is 17.1 Å². The molecule has 0 aromatic rings. The number of rotatable bonds is 10. The smallest absolute Gasteiger partial charge is 0.462 e. The van der Waals surface area contributed by atoms with Crippen molar-refractivity contribution in [3.63, 3.8) is 0 Å². The van der Waals surface area contributed by atoms with Crippen LogP contribution in [0.1, 0.15) is 6.92 Å². The van der Waals surface area contributed by atoms with Crippen LogP contribution in [0.2, 0.25) is 64.5 Å². The summed E-state index contributed by atoms with van der Waals surface area (Å²) >= 11 is 0. The SMILES string of the molecule is C=CC(=O)OCC(C)[Si](O[Si](C)(C)C)(O[Si](C)(C)C)O[Si](C)(C)C. The number of carbonyl (C=O) groups excluding carboxylic acids is 1. The number of carbonyl (C=O) groups is 1. The third-order valence-electron chi connectivity index (χ3n) is 2.59. The number of hydrogen-bond acceptors (Lipinski definition) is 5. The molecule has 0 aliphatic carbocycles. The van der Waals surface area contributed by atoms with Gasteiger partial charge in [-0.2, -0.15) is 0 Å². The van der Waals surface area contributed by atoms with Crippen LogP contribution in [0.25, 0.3) is 0 Å². The Hall–Kier alpha value is -0.0425. The molecule has 0 saturated carbocycles. The van der Waals surface area contributed by atoms with E-state index in [9.17, 15) is 4.79 Å². The Kier molecular flexibility index (Phi) is 8.55. The van der Waals surface area contributed by atoms with Crippen molar-refractivity contribution in [3.05, 3.63) is 12.7 Å². The Bertz CT molecular complexity index is 394. The lowest BCUT2D eigenvalue weighted by atomic mass is 10.5. The molecule has 0 rings (SSSR count). The maximum absolute atomic E-state index is 11.5. The first-order chi connectivity index (χ1) is 10.5. The standard InChI is InChI=1S/C15H36O5Si4/c1-12-15(16)17-13-14(2)24(18-21(3,4)5,19-22(6,7)8)20-23(9,10)11/h12,14H,1,13H2,2-11H3. The zero-order valence-corrected chi connectivity index (χ0v) is 21.1. The lowest BCUT2D eigenvalue weighted by Gasteiger charge is -2.45. The summed E-state index contributed by atoms with van der Waals surface area (Å²) in [5.74, 6) is -0.432. The van der Waals surface area contributed by atoms with Gasteiger partial charge in [0, 0.05) is 6.08 Å². The summed E-state index contributed by atoms with van der Waals surface area (Å²) in [6.07, 6.45) is 1.17. The monoisotopic (exact) mass is 408 g/mol. The van der Waals surface area contributed by atoms with Gasteiger partial charge < -0.3 is 17.1 Å². The highest BCUT2D eigenvalue weighted by Gasteiger charge is 2.54. The Morgan fingerprint density at radius 1 is 0.875 bits per heavy atom. The fourth-order valence-electron chi connectivity index (χ4n) is 2.01. The second kappa shape index (κ2) is 8.56. The van der Waals surface area contributed by atoms with Crippen LogP contribution in [0, 0.1) is 0 Å². The van der Waals surface area contributed by atoms with Gasteiger partial charge in [-0.1, -0.05) is 13.5 Å². The minimum absolute atomic E-state index is 0.119. The average Bonchev–Trinajstić information content (AvgIpc) is 2.28. The van der Waals surface area contributed by atoms with Crippen LogP contribution in [-0.2, 0) is 21.9 Å². The highest BCUT2D eigenvalue weighted by Crippen LogP contribution is 2.34. The molecule has 0 spiro atoms. The molecule has 0 aliphatic heterocycles. The van der Waals surface area contributed by atoms with E-state index in [1.807, 2.05) is 6.92 Å². The average molecular weight is 409 g/mol. The van der Waals surface area contributed by atoms with Crippen molar-refractivity contribution < 1.29 is 21.9 Å². The van der Waals surface area contributed by atoms with Crippen molar-refractivity contribution in [2.45, 2.75) is 71.4 Å². The lowest BCUT2D eigenvalue weighted by Crippen LogP contribution is -2.63. The van der Waals surface area contributed by atoms with Gasteiger partial charge in [-0.05, 0) is 58.9 Å². The van der Waals surface area contributed by atoms with Crippen LogP contribution < -0.4 is 0 Å². The van der Waals surface area contributed by atoms with Crippen LogP contribution in [0.15, 0.2) is 12.7 Å². The zero-order chi connectivity index (χ0) is 19.4. The molecule has 0 bridgehead atoms. The van der Waals surface area contributed by atoms with E-state index in [2.05, 4.69) is 65.5 Å². The summed E-state index contributed by atoms with van der Waals surface area (Å²) < 4.78 is 25.1. The lowest BCUT2D eigenvalue weighted by molar-refractivity contribution is -0.137. The van der Waals surface area contributed by atoms with Crippen molar-refractivity contribution in [1.82, 2.24) is 0 Å². The van der Waals surface area contributed by atoms with Gasteiger partial charge in [0.15, 0.2) is 25.0 Å². The van der Waals surface area contributed by atoms with E-state index in [0.29, 0.717) is 0 Å². The first kappa shape index (κ1) is 24.0. The van der Waals surface area contributed by atoms with E-state index < -0.39 is 39.7 Å². The van der Waals surface area contributed by atoms with Crippen LogP contribution in [0.5, 0.6) is 0 Å². The molecule has 0 fully saturated rings. The zero-order valence-electron chi connectivity index (χ0n) is 17.1. The van der Waals surface area contributed by atoms with Crippen molar-refractivity contribution in [1.29, 1.82) is 0 Å². The molecule has 0 aliphatic rings. The maximum Gasteiger partial charge on any atom is 0.476 e. The third kappa shape index (κ3) is 10.1. The van der Waals surface area contributed by atoms with Gasteiger partial charge in [0.2, 0.25) is 0 Å². The minimum Gasteiger partial charge on any atom is -0.462 e. The molecule has 0 heterocycles. The van der Waals surface area contributed by atoms with E-state index in [-0.39, 0.29) is 12.1 Å². The van der Waals surface area contributed by atoms with E-state index in [1.54, 1.807) is 0 Å². The van der Waals surface area contributed by atoms with Gasteiger partial charge in [-0.15, -0.1) is 0 Å². The summed E-state index contributed by atoms with van der Waals surface area (Å²) in [6, 6.07) is 0. The summed E-state index contributed by atoms with van der Waals surface area (Å²) in [5, 5.41) is 0. The molecule has 0 N–H and O–H groups in total. The molecule has 0 aromatic carbocycles. The predicted molar refractivity (Wildman–Crippen MR) is 110 cm³/mol. The van der Waals surface area contributed by atoms with E-state index in [1.165, 1.54) is 6.08 Å². The van der Waals surface area contributed by atoms with Gasteiger partial charge in [-0.3, -0.25) is 0 Å². The number of ether oxygens (including phenoxy) is 1. The van der Waals surface area contributed by atoms with E-state index >= 15 is 0 Å². The largest absolute Gasteiger partial charge is 0.476 e. The Morgan fingerprint density at radius 2 is 1.21 bits per heavy atom. The van der Waals surface area contributed by atoms with Crippen LogP contribution in [0.4, 0.5) is 0 Å². The van der Waals surface area contributed by atoms with Gasteiger partial charge >= 0.3 is 14.8 Å². The quantitative estimate of drug-likeness (QED) is 0.300. The van der Waals surface area contributed by atoms with Crippen LogP contribution >= 0.6 is 0 Å². The second-order valence-corrected chi connectivity index (χ2v) is 26.3. The second-order valence-electron chi connectivity index (χ2n) is 8.98. The summed E-state index contributed by atoms with van der Waals surface area (Å²) in [7, 11) is -8.78. The van der Waals surface area contributed by atoms with Gasteiger partial charge in [0.25, 0.3) is 0 Å². The van der Waals surface area contributed by atoms with Gasteiger partial charge in [-0.25, -0.2) is 4.79 Å². The van der Waals surface area contributed by atoms with Crippen molar-refractivity contribution in [3.8, 4) is 0 Å². The molecule has 9 heteroatoms. The number of esters is 1. The molecule has 1 unspecified atom stereocenters. The molecular formula is C15H36O5Si4. The fraction of sp³-hybridized carbons (Fsp3) is 0.800. The first-order valence-corrected chi connectivity index (χ1v) is 20.4. The highest BCUT2D eigenvalue weighted by atomic mass is 28.5. The topological polar surface area (TPSA) is 54.0 Å². The maximum atomic E-state index is 11.5. The molecule has 0 radical (unpaired) electrons. The Morgan fingerprint density at radius 3 is 1.46 bits per heavy atom. The van der Waals surface area contributed by atoms with Gasteiger partial charge in [0.1, 0.15) is 0 Å². The molecule has 5 nitrogen and oxygen atoms in total. The van der Waals surface area contributed by atoms with Crippen molar-refractivity contribution >= 4 is 39.7 Å². The summed E-state index contributed by atoms with van der Waals surface area (Å²) in [4.78, 5) is 11.5. The highest BCUT2D eigenvalue weighted by molar-refractivity contribution is 6.90. The minimum atomic E-state index is -3.01. The molecule has 0 amide bonds. The third-order valence-corrected chi connectivity index (χ3v) is 14.7. The molecule has 142 valence electrons. The Balaban J connectivity index is 5.76. The van der Waals surface area contributed by atoms with Gasteiger partial charge in [0.05, 0.1) is 12.1 Å². The summed E-state index contributed by atoms with van der Waals surface area (Å²) in [6.45, 7) is 24.9. The predicted octanol–water partition coefficient (Wildman–Crippen LogP) is 4.60. The molecule has 0 aromatic heterocycles. The first-order valence-electron chi connectivity index (χ1n) is 8.39.